The van der Waals surface area contributed by atoms with Crippen LogP contribution in [0.4, 0.5) is 8.78 Å². The summed E-state index contributed by atoms with van der Waals surface area (Å²) in [6.07, 6.45) is 3.87. The highest BCUT2D eigenvalue weighted by atomic mass is 19.1. The maximum absolute atomic E-state index is 13.0. The predicted octanol–water partition coefficient (Wildman–Crippen LogP) is 5.47. The van der Waals surface area contributed by atoms with Crippen molar-refractivity contribution in [2.24, 2.45) is 0 Å². The smallest absolute Gasteiger partial charge is 0.123 e. The molecule has 48 heavy (non-hydrogen) atoms. The first-order valence-corrected chi connectivity index (χ1v) is 15.8. The van der Waals surface area contributed by atoms with Crippen molar-refractivity contribution >= 4 is 0 Å². The lowest BCUT2D eigenvalue weighted by Crippen LogP contribution is -2.33. The summed E-state index contributed by atoms with van der Waals surface area (Å²) in [5.41, 5.74) is 7.35. The van der Waals surface area contributed by atoms with Gasteiger partial charge in [-0.3, -0.25) is 0 Å². The van der Waals surface area contributed by atoms with E-state index in [-0.39, 0.29) is 23.8 Å². The molecule has 0 spiro atoms. The van der Waals surface area contributed by atoms with Crippen molar-refractivity contribution in [2.45, 2.75) is 12.2 Å². The van der Waals surface area contributed by atoms with Gasteiger partial charge in [-0.25, -0.2) is 18.1 Å². The fraction of sp³-hybridized carbons (Fsp3) is 0.222. The monoisotopic (exact) mass is 648 g/mol. The van der Waals surface area contributed by atoms with E-state index in [9.17, 15) is 8.78 Å². The molecule has 2 fully saturated rings. The Morgan fingerprint density at radius 3 is 1.29 bits per heavy atom. The second-order valence-electron chi connectivity index (χ2n) is 11.4. The summed E-state index contributed by atoms with van der Waals surface area (Å²) in [5.74, 6) is -0.539. The molecule has 2 aliphatic rings. The quantitative estimate of drug-likeness (QED) is 0.245. The van der Waals surface area contributed by atoms with E-state index in [2.05, 4.69) is 55.5 Å². The molecule has 0 radical (unpaired) electrons. The third kappa shape index (κ3) is 7.53. The van der Waals surface area contributed by atoms with Gasteiger partial charge in [-0.2, -0.15) is 0 Å². The Morgan fingerprint density at radius 1 is 0.542 bits per heavy atom. The number of hydrogen-bond donors (Lipinski definition) is 2. The molecule has 0 amide bonds. The van der Waals surface area contributed by atoms with Crippen molar-refractivity contribution in [3.8, 4) is 33.9 Å². The van der Waals surface area contributed by atoms with E-state index < -0.39 is 0 Å². The van der Waals surface area contributed by atoms with Crippen molar-refractivity contribution < 1.29 is 18.3 Å². The van der Waals surface area contributed by atoms with E-state index >= 15 is 0 Å². The van der Waals surface area contributed by atoms with Gasteiger partial charge in [0.1, 0.15) is 23.0 Å². The number of ether oxygens (including phenoxy) is 2. The fourth-order valence-corrected chi connectivity index (χ4v) is 5.53. The van der Waals surface area contributed by atoms with Crippen LogP contribution in [-0.2, 0) is 9.47 Å². The Labute approximate surface area is 276 Å². The highest BCUT2D eigenvalue weighted by Gasteiger charge is 2.17. The second-order valence-corrected chi connectivity index (χ2v) is 11.4. The minimum absolute atomic E-state index is 0.0997. The van der Waals surface area contributed by atoms with Crippen LogP contribution in [0.2, 0.25) is 0 Å². The number of benzene rings is 4. The normalized spacial score (nSPS) is 17.8. The summed E-state index contributed by atoms with van der Waals surface area (Å²) in [6, 6.07) is 28.6. The van der Waals surface area contributed by atoms with Crippen molar-refractivity contribution in [3.63, 3.8) is 0 Å². The molecular formula is C36H34F2N8O2. The maximum atomic E-state index is 13.0. The van der Waals surface area contributed by atoms with E-state index in [0.717, 1.165) is 84.4 Å². The van der Waals surface area contributed by atoms with Crippen molar-refractivity contribution in [2.75, 3.05) is 39.4 Å². The number of hydrogen-bond acceptors (Lipinski definition) is 8. The highest BCUT2D eigenvalue weighted by Crippen LogP contribution is 2.25. The molecular weight excluding hydrogens is 614 g/mol. The summed E-state index contributed by atoms with van der Waals surface area (Å²) in [7, 11) is 0. The molecule has 0 aliphatic carbocycles. The van der Waals surface area contributed by atoms with Crippen molar-refractivity contribution in [3.05, 3.63) is 132 Å². The zero-order valence-corrected chi connectivity index (χ0v) is 26.0. The third-order valence-corrected chi connectivity index (χ3v) is 8.18. The first-order chi connectivity index (χ1) is 23.6. The Morgan fingerprint density at radius 2 is 0.938 bits per heavy atom. The van der Waals surface area contributed by atoms with Gasteiger partial charge in [0.15, 0.2) is 0 Å². The molecule has 0 unspecified atom stereocenters. The van der Waals surface area contributed by atoms with E-state index in [1.165, 1.54) is 24.3 Å². The lowest BCUT2D eigenvalue weighted by molar-refractivity contribution is 0.0276. The van der Waals surface area contributed by atoms with Gasteiger partial charge >= 0.3 is 0 Å². The van der Waals surface area contributed by atoms with E-state index in [4.69, 9.17) is 9.47 Å². The molecule has 2 atom stereocenters. The Bertz CT molecular complexity index is 1760. The fourth-order valence-electron chi connectivity index (χ4n) is 5.53. The summed E-state index contributed by atoms with van der Waals surface area (Å²) in [4.78, 5) is 0. The summed E-state index contributed by atoms with van der Waals surface area (Å²) < 4.78 is 40.8. The zero-order chi connectivity index (χ0) is 32.7. The lowest BCUT2D eigenvalue weighted by Gasteiger charge is -2.23. The second kappa shape index (κ2) is 14.7. The molecule has 4 heterocycles. The van der Waals surface area contributed by atoms with E-state index in [0.29, 0.717) is 0 Å². The first kappa shape index (κ1) is 31.5. The molecule has 12 heteroatoms. The Balaban J connectivity index is 0.000000152. The van der Waals surface area contributed by atoms with Gasteiger partial charge in [0.05, 0.1) is 49.2 Å². The third-order valence-electron chi connectivity index (χ3n) is 8.18. The zero-order valence-electron chi connectivity index (χ0n) is 26.0. The van der Waals surface area contributed by atoms with Crippen LogP contribution in [0, 0.1) is 11.6 Å². The van der Waals surface area contributed by atoms with Crippen molar-refractivity contribution in [1.29, 1.82) is 0 Å². The summed E-state index contributed by atoms with van der Waals surface area (Å²) >= 11 is 0. The Kier molecular flexibility index (Phi) is 9.66. The van der Waals surface area contributed by atoms with Crippen LogP contribution in [0.1, 0.15) is 23.3 Å². The number of halogens is 2. The van der Waals surface area contributed by atoms with Crippen LogP contribution in [-0.4, -0.2) is 69.4 Å². The molecule has 0 saturated carbocycles. The number of rotatable bonds is 6. The molecule has 8 rings (SSSR count). The number of aromatic nitrogens is 6. The first-order valence-electron chi connectivity index (χ1n) is 15.8. The van der Waals surface area contributed by atoms with Gasteiger partial charge in [0.2, 0.25) is 0 Å². The molecule has 244 valence electrons. The van der Waals surface area contributed by atoms with Gasteiger partial charge in [-0.1, -0.05) is 59.0 Å². The van der Waals surface area contributed by atoms with Gasteiger partial charge in [-0.15, -0.1) is 10.2 Å². The van der Waals surface area contributed by atoms with Crippen molar-refractivity contribution in [1.82, 2.24) is 40.6 Å². The number of morpholine rings is 2. The standard InChI is InChI=1S/2C18H17FN4O/c2*19-15-5-7-16(8-6-15)23-12-17(21-22-23)13-1-3-14(4-2-13)18-11-20-9-10-24-18/h2*1-8,12,18,20H,9-11H2/t2*18-/m10/s1. The molecule has 10 nitrogen and oxygen atoms in total. The maximum Gasteiger partial charge on any atom is 0.123 e. The highest BCUT2D eigenvalue weighted by molar-refractivity contribution is 5.59. The van der Waals surface area contributed by atoms with Crippen LogP contribution < -0.4 is 10.6 Å². The van der Waals surface area contributed by atoms with Crippen LogP contribution in [0.5, 0.6) is 0 Å². The molecule has 2 aromatic heterocycles. The van der Waals surface area contributed by atoms with Crippen LogP contribution in [0.3, 0.4) is 0 Å². The summed E-state index contributed by atoms with van der Waals surface area (Å²) in [5, 5.41) is 23.3. The van der Waals surface area contributed by atoms with E-state index in [1.807, 2.05) is 36.7 Å². The molecule has 0 bridgehead atoms. The largest absolute Gasteiger partial charge is 0.371 e. The summed E-state index contributed by atoms with van der Waals surface area (Å²) in [6.45, 7) is 4.94. The minimum atomic E-state index is -0.269. The molecule has 4 aromatic carbocycles. The predicted molar refractivity (Wildman–Crippen MR) is 177 cm³/mol. The average molecular weight is 649 g/mol. The van der Waals surface area contributed by atoms with Crippen LogP contribution >= 0.6 is 0 Å². The van der Waals surface area contributed by atoms with Gasteiger partial charge < -0.3 is 20.1 Å². The SMILES string of the molecule is Fc1ccc(-n2cc(-c3ccc([C@@H]4CNCCO4)cc3)nn2)cc1.Fc1ccc(-n2cc(-c3ccc([C@H]4CNCCO4)cc3)nn2)cc1. The average Bonchev–Trinajstić information content (AvgIpc) is 3.85. The van der Waals surface area contributed by atoms with Gasteiger partial charge in [0.25, 0.3) is 0 Å². The Hall–Kier alpha value is -5.14. The van der Waals surface area contributed by atoms with E-state index in [1.54, 1.807) is 33.6 Å². The topological polar surface area (TPSA) is 104 Å². The lowest BCUT2D eigenvalue weighted by atomic mass is 10.0. The number of nitrogens with one attached hydrogen (secondary N) is 2. The number of nitrogens with zero attached hydrogens (tertiary/aromatic N) is 6. The molecule has 6 aromatic rings. The molecule has 2 N–H and O–H groups in total. The van der Waals surface area contributed by atoms with Crippen LogP contribution in [0.25, 0.3) is 33.9 Å². The minimum Gasteiger partial charge on any atom is -0.371 e. The molecule has 2 aliphatic heterocycles. The van der Waals surface area contributed by atoms with Gasteiger partial charge in [-0.05, 0) is 59.7 Å². The van der Waals surface area contributed by atoms with Gasteiger partial charge in [0, 0.05) is 37.3 Å². The molecule has 2 saturated heterocycles. The van der Waals surface area contributed by atoms with Crippen LogP contribution in [0.15, 0.2) is 109 Å².